The fraction of sp³-hybridized carbons (Fsp3) is 0.562. The molecule has 0 bridgehead atoms. The Morgan fingerprint density at radius 1 is 1.00 bits per heavy atom. The number of amides is 1. The molecule has 1 N–H and O–H groups in total. The van der Waals surface area contributed by atoms with E-state index in [-0.39, 0.29) is 10.8 Å². The van der Waals surface area contributed by atoms with Crippen LogP contribution in [0.25, 0.3) is 0 Å². The van der Waals surface area contributed by atoms with Gasteiger partial charge in [-0.2, -0.15) is 4.31 Å². The van der Waals surface area contributed by atoms with Gasteiger partial charge in [-0.1, -0.05) is 0 Å². The Labute approximate surface area is 142 Å². The molecule has 132 valence electrons. The molecule has 2 heterocycles. The lowest BCUT2D eigenvalue weighted by atomic mass is 10.2. The second-order valence-electron chi connectivity index (χ2n) is 5.94. The first-order chi connectivity index (χ1) is 11.6. The lowest BCUT2D eigenvalue weighted by molar-refractivity contribution is 0.0303. The number of hydrogen-bond acceptors (Lipinski definition) is 5. The highest BCUT2D eigenvalue weighted by Crippen LogP contribution is 2.18. The lowest BCUT2D eigenvalue weighted by Crippen LogP contribution is -2.40. The first-order valence-corrected chi connectivity index (χ1v) is 9.71. The van der Waals surface area contributed by atoms with Gasteiger partial charge in [0.2, 0.25) is 10.0 Å². The Bertz CT molecular complexity index is 661. The molecule has 0 atom stereocenters. The van der Waals surface area contributed by atoms with Crippen LogP contribution in [0.2, 0.25) is 0 Å². The molecular weight excluding hydrogens is 330 g/mol. The Morgan fingerprint density at radius 2 is 1.71 bits per heavy atom. The summed E-state index contributed by atoms with van der Waals surface area (Å²) in [6.45, 7) is 4.70. The molecule has 3 rings (SSSR count). The molecule has 2 aliphatic heterocycles. The molecule has 7 nitrogen and oxygen atoms in total. The van der Waals surface area contributed by atoms with E-state index in [0.29, 0.717) is 51.5 Å². The van der Waals surface area contributed by atoms with Crippen LogP contribution in [-0.2, 0) is 14.8 Å². The summed E-state index contributed by atoms with van der Waals surface area (Å²) in [5, 5.41) is 3.19. The van der Waals surface area contributed by atoms with Crippen LogP contribution in [0.15, 0.2) is 29.2 Å². The minimum absolute atomic E-state index is 0.0822. The summed E-state index contributed by atoms with van der Waals surface area (Å²) >= 11 is 0. The SMILES string of the molecule is O=C(c1ccc(S(=O)(=O)N2CCCNCC2)cc1)N1CCOCC1. The van der Waals surface area contributed by atoms with Crippen molar-refractivity contribution in [2.75, 3.05) is 52.5 Å². The summed E-state index contributed by atoms with van der Waals surface area (Å²) in [5.41, 5.74) is 0.508. The second kappa shape index (κ2) is 7.60. The Balaban J connectivity index is 1.74. The molecule has 1 aromatic rings. The van der Waals surface area contributed by atoms with Crippen molar-refractivity contribution in [3.8, 4) is 0 Å². The molecular formula is C16H23N3O4S. The van der Waals surface area contributed by atoms with Crippen molar-refractivity contribution in [1.29, 1.82) is 0 Å². The molecule has 0 spiro atoms. The highest BCUT2D eigenvalue weighted by molar-refractivity contribution is 7.89. The number of hydrogen-bond donors (Lipinski definition) is 1. The number of carbonyl (C=O) groups excluding carboxylic acids is 1. The van der Waals surface area contributed by atoms with Crippen LogP contribution in [0.3, 0.4) is 0 Å². The van der Waals surface area contributed by atoms with Crippen LogP contribution in [0.4, 0.5) is 0 Å². The summed E-state index contributed by atoms with van der Waals surface area (Å²) in [7, 11) is -3.50. The minimum atomic E-state index is -3.50. The largest absolute Gasteiger partial charge is 0.378 e. The van der Waals surface area contributed by atoms with Crippen LogP contribution in [0, 0.1) is 0 Å². The molecule has 2 aliphatic rings. The zero-order valence-corrected chi connectivity index (χ0v) is 14.4. The van der Waals surface area contributed by atoms with Crippen LogP contribution >= 0.6 is 0 Å². The van der Waals surface area contributed by atoms with Gasteiger partial charge >= 0.3 is 0 Å². The highest BCUT2D eigenvalue weighted by atomic mass is 32.2. The summed E-state index contributed by atoms with van der Waals surface area (Å²) in [5.74, 6) is -0.0822. The number of carbonyl (C=O) groups is 1. The Kier molecular flexibility index (Phi) is 5.50. The van der Waals surface area contributed by atoms with E-state index in [1.54, 1.807) is 17.0 Å². The van der Waals surface area contributed by atoms with Gasteiger partial charge in [-0.3, -0.25) is 4.79 Å². The smallest absolute Gasteiger partial charge is 0.254 e. The van der Waals surface area contributed by atoms with Crippen molar-refractivity contribution in [2.45, 2.75) is 11.3 Å². The van der Waals surface area contributed by atoms with E-state index >= 15 is 0 Å². The molecule has 1 amide bonds. The van der Waals surface area contributed by atoms with E-state index < -0.39 is 10.0 Å². The van der Waals surface area contributed by atoms with E-state index in [2.05, 4.69) is 5.32 Å². The highest BCUT2D eigenvalue weighted by Gasteiger charge is 2.25. The van der Waals surface area contributed by atoms with Crippen molar-refractivity contribution >= 4 is 15.9 Å². The zero-order valence-electron chi connectivity index (χ0n) is 13.6. The molecule has 8 heteroatoms. The molecule has 0 saturated carbocycles. The van der Waals surface area contributed by atoms with E-state index in [1.165, 1.54) is 16.4 Å². The van der Waals surface area contributed by atoms with Crippen molar-refractivity contribution in [3.63, 3.8) is 0 Å². The maximum atomic E-state index is 12.7. The monoisotopic (exact) mass is 353 g/mol. The van der Waals surface area contributed by atoms with E-state index in [9.17, 15) is 13.2 Å². The van der Waals surface area contributed by atoms with Gasteiger partial charge in [-0.15, -0.1) is 0 Å². The predicted molar refractivity (Wildman–Crippen MR) is 89.4 cm³/mol. The number of rotatable bonds is 3. The van der Waals surface area contributed by atoms with E-state index in [4.69, 9.17) is 4.74 Å². The van der Waals surface area contributed by atoms with Crippen molar-refractivity contribution < 1.29 is 17.9 Å². The van der Waals surface area contributed by atoms with Crippen LogP contribution in [-0.4, -0.2) is 76.0 Å². The molecule has 0 aliphatic carbocycles. The van der Waals surface area contributed by atoms with Gasteiger partial charge in [0.1, 0.15) is 0 Å². The number of nitrogens with one attached hydrogen (secondary N) is 1. The molecule has 1 aromatic carbocycles. The average molecular weight is 353 g/mol. The third-order valence-corrected chi connectivity index (χ3v) is 6.25. The number of sulfonamides is 1. The average Bonchev–Trinajstić information content (AvgIpc) is 2.92. The van der Waals surface area contributed by atoms with Crippen LogP contribution in [0.5, 0.6) is 0 Å². The summed E-state index contributed by atoms with van der Waals surface area (Å²) in [6.07, 6.45) is 0.798. The summed E-state index contributed by atoms with van der Waals surface area (Å²) in [4.78, 5) is 14.4. The van der Waals surface area contributed by atoms with Gasteiger partial charge in [0.25, 0.3) is 5.91 Å². The van der Waals surface area contributed by atoms with Gasteiger partial charge in [-0.05, 0) is 37.2 Å². The fourth-order valence-corrected chi connectivity index (χ4v) is 4.41. The second-order valence-corrected chi connectivity index (χ2v) is 7.87. The summed E-state index contributed by atoms with van der Waals surface area (Å²) in [6, 6.07) is 6.25. The molecule has 2 saturated heterocycles. The Morgan fingerprint density at radius 3 is 2.42 bits per heavy atom. The number of ether oxygens (including phenoxy) is 1. The molecule has 0 unspecified atom stereocenters. The fourth-order valence-electron chi connectivity index (χ4n) is 2.93. The van der Waals surface area contributed by atoms with Gasteiger partial charge in [0, 0.05) is 38.3 Å². The van der Waals surface area contributed by atoms with Crippen molar-refractivity contribution in [3.05, 3.63) is 29.8 Å². The number of morpholine rings is 1. The van der Waals surface area contributed by atoms with Crippen LogP contribution in [0.1, 0.15) is 16.8 Å². The number of benzene rings is 1. The Hall–Kier alpha value is -1.48. The normalized spacial score (nSPS) is 20.6. The third-order valence-electron chi connectivity index (χ3n) is 4.34. The van der Waals surface area contributed by atoms with Gasteiger partial charge in [-0.25, -0.2) is 8.42 Å². The molecule has 0 radical (unpaired) electrons. The summed E-state index contributed by atoms with van der Waals surface area (Å²) < 4.78 is 32.2. The first kappa shape index (κ1) is 17.3. The quantitative estimate of drug-likeness (QED) is 0.836. The van der Waals surface area contributed by atoms with Gasteiger partial charge < -0.3 is 15.0 Å². The number of nitrogens with zero attached hydrogens (tertiary/aromatic N) is 2. The van der Waals surface area contributed by atoms with Gasteiger partial charge in [0.15, 0.2) is 0 Å². The molecule has 0 aromatic heterocycles. The zero-order chi connectivity index (χ0) is 17.0. The third kappa shape index (κ3) is 3.77. The first-order valence-electron chi connectivity index (χ1n) is 8.27. The van der Waals surface area contributed by atoms with E-state index in [0.717, 1.165) is 13.0 Å². The lowest BCUT2D eigenvalue weighted by Gasteiger charge is -2.27. The van der Waals surface area contributed by atoms with E-state index in [1.807, 2.05) is 0 Å². The maximum Gasteiger partial charge on any atom is 0.254 e. The standard InChI is InChI=1S/C16H23N3O4S/c20-16(18-10-12-23-13-11-18)14-2-4-15(5-3-14)24(21,22)19-8-1-6-17-7-9-19/h2-5,17H,1,6-13H2. The van der Waals surface area contributed by atoms with Crippen molar-refractivity contribution in [2.24, 2.45) is 0 Å². The predicted octanol–water partition coefficient (Wildman–Crippen LogP) is 0.143. The topological polar surface area (TPSA) is 79.0 Å². The van der Waals surface area contributed by atoms with Crippen molar-refractivity contribution in [1.82, 2.24) is 14.5 Å². The van der Waals surface area contributed by atoms with Crippen LogP contribution < -0.4 is 5.32 Å². The minimum Gasteiger partial charge on any atom is -0.378 e. The molecule has 2 fully saturated rings. The maximum absolute atomic E-state index is 12.7. The molecule has 24 heavy (non-hydrogen) atoms. The van der Waals surface area contributed by atoms with Gasteiger partial charge in [0.05, 0.1) is 18.1 Å².